The number of hydrogen-bond donors (Lipinski definition) is 3. The standard InChI is InChI=1S/C23H29N7O2.C18H21N7/c1-6-28(22(31)32-23(3,4)5)14-18-27-19-20(29(18)7-2)16-10-9-15(30-12-8-11-25-30)13-17(16)26-21(19)24;1-3-20-11-15-23-16-17(24(15)4-2)13-7-6-12(25-9-5-8-21-25)10-14(13)22-18(16)19/h8-13H,6-7,14H2,1-5H3,(H2,24,26);5-10,20H,3-4,11H2,1-2H3,(H2,19,22). The number of aryl methyl sites for hydroxylation is 2. The number of nitrogens with two attached hydrogens (primary N) is 2. The molecule has 0 aliphatic rings. The molecule has 2 aromatic carbocycles. The molecule has 0 saturated heterocycles. The molecule has 0 atom stereocenters. The summed E-state index contributed by atoms with van der Waals surface area (Å²) in [6, 6.07) is 15.9. The Hall–Kier alpha value is -6.55. The molecule has 8 aromatic rings. The van der Waals surface area contributed by atoms with E-state index in [0.717, 1.165) is 74.5 Å². The van der Waals surface area contributed by atoms with E-state index in [9.17, 15) is 4.79 Å². The van der Waals surface area contributed by atoms with E-state index >= 15 is 0 Å². The van der Waals surface area contributed by atoms with E-state index in [2.05, 4.69) is 61.5 Å². The minimum atomic E-state index is -0.563. The van der Waals surface area contributed by atoms with Crippen LogP contribution in [-0.4, -0.2) is 78.3 Å². The van der Waals surface area contributed by atoms with Gasteiger partial charge in [0.25, 0.3) is 0 Å². The summed E-state index contributed by atoms with van der Waals surface area (Å²) in [4.78, 5) is 33.0. The Morgan fingerprint density at radius 2 is 1.26 bits per heavy atom. The zero-order valence-electron chi connectivity index (χ0n) is 33.6. The SMILES string of the molecule is CCN(Cc1nc2c(N)nc3cc(-n4cccn4)ccc3c2n1CC)C(=O)OC(C)(C)C.CCNCc1nc2c(N)nc3cc(-n4cccn4)ccc3c2n1CC. The number of carbonyl (C=O) groups excluding carboxylic acids is 1. The van der Waals surface area contributed by atoms with E-state index in [0.29, 0.717) is 43.3 Å². The predicted octanol–water partition coefficient (Wildman–Crippen LogP) is 6.61. The van der Waals surface area contributed by atoms with Gasteiger partial charge in [-0.1, -0.05) is 6.92 Å². The second-order valence-corrected chi connectivity index (χ2v) is 14.5. The van der Waals surface area contributed by atoms with Crippen molar-refractivity contribution in [3.63, 3.8) is 0 Å². The number of imidazole rings is 2. The minimum absolute atomic E-state index is 0.320. The highest BCUT2D eigenvalue weighted by molar-refractivity contribution is 6.08. The molecule has 0 bridgehead atoms. The van der Waals surface area contributed by atoms with Gasteiger partial charge in [-0.3, -0.25) is 0 Å². The maximum absolute atomic E-state index is 12.7. The first kappa shape index (κ1) is 38.7. The summed E-state index contributed by atoms with van der Waals surface area (Å²) in [5.74, 6) is 2.55. The average molecular weight is 771 g/mol. The van der Waals surface area contributed by atoms with Gasteiger partial charge in [-0.2, -0.15) is 10.2 Å². The molecule has 16 nitrogen and oxygen atoms in total. The third-order valence-electron chi connectivity index (χ3n) is 9.60. The van der Waals surface area contributed by atoms with Crippen LogP contribution in [0.4, 0.5) is 16.4 Å². The smallest absolute Gasteiger partial charge is 0.410 e. The summed E-state index contributed by atoms with van der Waals surface area (Å²) in [5, 5.41) is 13.9. The van der Waals surface area contributed by atoms with Gasteiger partial charge in [0, 0.05) is 55.2 Å². The number of benzene rings is 2. The zero-order valence-corrected chi connectivity index (χ0v) is 33.6. The van der Waals surface area contributed by atoms with Gasteiger partial charge in [0.05, 0.1) is 46.5 Å². The van der Waals surface area contributed by atoms with Gasteiger partial charge >= 0.3 is 6.09 Å². The Kier molecular flexibility index (Phi) is 10.8. The molecule has 57 heavy (non-hydrogen) atoms. The molecule has 0 aliphatic heterocycles. The number of amides is 1. The molecule has 6 heterocycles. The molecule has 1 amide bonds. The van der Waals surface area contributed by atoms with Gasteiger partial charge in [0.1, 0.15) is 28.3 Å². The molecule has 0 fully saturated rings. The molecule has 0 unspecified atom stereocenters. The molecule has 0 spiro atoms. The molecule has 0 radical (unpaired) electrons. The molecule has 296 valence electrons. The fourth-order valence-corrected chi connectivity index (χ4v) is 7.00. The van der Waals surface area contributed by atoms with Gasteiger partial charge < -0.3 is 35.6 Å². The lowest BCUT2D eigenvalue weighted by Gasteiger charge is -2.26. The Labute approximate surface area is 330 Å². The van der Waals surface area contributed by atoms with Gasteiger partial charge in [0.15, 0.2) is 11.6 Å². The van der Waals surface area contributed by atoms with Crippen LogP contribution >= 0.6 is 0 Å². The van der Waals surface area contributed by atoms with Gasteiger partial charge in [-0.05, 0) is 96.6 Å². The summed E-state index contributed by atoms with van der Waals surface area (Å²) in [6.07, 6.45) is 6.92. The van der Waals surface area contributed by atoms with Crippen LogP contribution in [0.3, 0.4) is 0 Å². The highest BCUT2D eigenvalue weighted by Gasteiger charge is 2.25. The number of nitrogens with one attached hydrogen (secondary N) is 1. The summed E-state index contributed by atoms with van der Waals surface area (Å²) >= 11 is 0. The molecule has 8 rings (SSSR count). The molecular weight excluding hydrogens is 721 g/mol. The number of pyridine rings is 2. The Morgan fingerprint density at radius 3 is 1.70 bits per heavy atom. The molecule has 0 saturated carbocycles. The quantitative estimate of drug-likeness (QED) is 0.136. The topological polar surface area (TPSA) is 191 Å². The maximum atomic E-state index is 12.7. The van der Waals surface area contributed by atoms with Crippen LogP contribution in [0.15, 0.2) is 73.3 Å². The van der Waals surface area contributed by atoms with Crippen molar-refractivity contribution in [1.29, 1.82) is 0 Å². The summed E-state index contributed by atoms with van der Waals surface area (Å²) in [5.41, 5.74) is 18.8. The van der Waals surface area contributed by atoms with E-state index in [1.807, 2.05) is 87.2 Å². The van der Waals surface area contributed by atoms with E-state index < -0.39 is 5.60 Å². The number of ether oxygens (including phenoxy) is 1. The first-order valence-corrected chi connectivity index (χ1v) is 19.3. The van der Waals surface area contributed by atoms with Crippen LogP contribution in [0.1, 0.15) is 60.1 Å². The van der Waals surface area contributed by atoms with Crippen molar-refractivity contribution in [2.75, 3.05) is 24.6 Å². The minimum Gasteiger partial charge on any atom is -0.444 e. The maximum Gasteiger partial charge on any atom is 0.410 e. The highest BCUT2D eigenvalue weighted by Crippen LogP contribution is 2.32. The second-order valence-electron chi connectivity index (χ2n) is 14.5. The Bertz CT molecular complexity index is 2670. The lowest BCUT2D eigenvalue weighted by molar-refractivity contribution is 0.0238. The number of nitrogen functional groups attached to an aromatic ring is 2. The van der Waals surface area contributed by atoms with Crippen molar-refractivity contribution in [2.45, 2.75) is 80.2 Å². The lowest BCUT2D eigenvalue weighted by Crippen LogP contribution is -2.37. The summed E-state index contributed by atoms with van der Waals surface area (Å²) in [6.45, 7) is 17.7. The molecule has 16 heteroatoms. The van der Waals surface area contributed by atoms with E-state index in [-0.39, 0.29) is 6.09 Å². The number of rotatable bonds is 10. The van der Waals surface area contributed by atoms with Crippen molar-refractivity contribution in [1.82, 2.24) is 58.8 Å². The van der Waals surface area contributed by atoms with Crippen molar-refractivity contribution in [2.24, 2.45) is 0 Å². The number of nitrogens with zero attached hydrogens (tertiary/aromatic N) is 11. The lowest BCUT2D eigenvalue weighted by atomic mass is 10.1. The largest absolute Gasteiger partial charge is 0.444 e. The van der Waals surface area contributed by atoms with Crippen molar-refractivity contribution < 1.29 is 9.53 Å². The average Bonchev–Trinajstić information content (AvgIpc) is 4.02. The van der Waals surface area contributed by atoms with Crippen molar-refractivity contribution in [3.05, 3.63) is 85.0 Å². The zero-order chi connectivity index (χ0) is 40.4. The molecular formula is C41H50N14O2. The molecule has 0 aliphatic carbocycles. The van der Waals surface area contributed by atoms with Crippen LogP contribution in [0.2, 0.25) is 0 Å². The highest BCUT2D eigenvalue weighted by atomic mass is 16.6. The van der Waals surface area contributed by atoms with E-state index in [4.69, 9.17) is 26.2 Å². The number of hydrogen-bond acceptors (Lipinski definition) is 11. The Balaban J connectivity index is 0.000000179. The van der Waals surface area contributed by atoms with Gasteiger partial charge in [0.2, 0.25) is 0 Å². The second kappa shape index (κ2) is 15.9. The van der Waals surface area contributed by atoms with Crippen LogP contribution in [-0.2, 0) is 30.9 Å². The summed E-state index contributed by atoms with van der Waals surface area (Å²) in [7, 11) is 0. The van der Waals surface area contributed by atoms with Crippen molar-refractivity contribution in [3.8, 4) is 11.4 Å². The van der Waals surface area contributed by atoms with E-state index in [1.54, 1.807) is 22.0 Å². The van der Waals surface area contributed by atoms with Crippen LogP contribution < -0.4 is 16.8 Å². The first-order chi connectivity index (χ1) is 27.4. The van der Waals surface area contributed by atoms with Crippen molar-refractivity contribution >= 4 is 61.6 Å². The number of carbonyl (C=O) groups is 1. The number of anilines is 2. The first-order valence-electron chi connectivity index (χ1n) is 19.3. The van der Waals surface area contributed by atoms with Crippen LogP contribution in [0.25, 0.3) is 55.2 Å². The van der Waals surface area contributed by atoms with E-state index in [1.165, 1.54) is 0 Å². The molecule has 5 N–H and O–H groups in total. The van der Waals surface area contributed by atoms with Gasteiger partial charge in [-0.25, -0.2) is 34.1 Å². The Morgan fingerprint density at radius 1 is 0.754 bits per heavy atom. The van der Waals surface area contributed by atoms with Crippen LogP contribution in [0, 0.1) is 0 Å². The molecule has 6 aromatic heterocycles. The third-order valence-corrected chi connectivity index (χ3v) is 9.60. The van der Waals surface area contributed by atoms with Gasteiger partial charge in [-0.15, -0.1) is 0 Å². The third kappa shape index (κ3) is 7.67. The number of fused-ring (bicyclic) bond motifs is 6. The normalized spacial score (nSPS) is 11.8. The fraction of sp³-hybridized carbons (Fsp3) is 0.341. The summed E-state index contributed by atoms with van der Waals surface area (Å²) < 4.78 is 13.5. The monoisotopic (exact) mass is 770 g/mol. The predicted molar refractivity (Wildman–Crippen MR) is 224 cm³/mol. The number of aromatic nitrogens is 10. The van der Waals surface area contributed by atoms with Crippen LogP contribution in [0.5, 0.6) is 0 Å². The fourth-order valence-electron chi connectivity index (χ4n) is 7.00.